The van der Waals surface area contributed by atoms with Crippen LogP contribution in [0, 0.1) is 5.92 Å². The highest BCUT2D eigenvalue weighted by Crippen LogP contribution is 2.04. The van der Waals surface area contributed by atoms with Gasteiger partial charge in [0, 0.05) is 12.0 Å². The van der Waals surface area contributed by atoms with E-state index in [-0.39, 0.29) is 5.92 Å². The average Bonchev–Trinajstić information content (AvgIpc) is 2.13. The van der Waals surface area contributed by atoms with Crippen molar-refractivity contribution < 1.29 is 14.6 Å². The van der Waals surface area contributed by atoms with E-state index in [2.05, 4.69) is 11.3 Å². The largest absolute Gasteiger partial charge is 0.463 e. The maximum Gasteiger partial charge on any atom is 0.330 e. The minimum absolute atomic E-state index is 0.0642. The summed E-state index contributed by atoms with van der Waals surface area (Å²) in [5.74, 6) is -0.497. The van der Waals surface area contributed by atoms with Crippen molar-refractivity contribution in [1.29, 1.82) is 0 Å². The molecule has 2 atom stereocenters. The molecule has 13 heavy (non-hydrogen) atoms. The van der Waals surface area contributed by atoms with Crippen LogP contribution in [0.25, 0.3) is 0 Å². The Morgan fingerprint density at radius 1 is 1.69 bits per heavy atom. The molecule has 0 unspecified atom stereocenters. The predicted molar refractivity (Wildman–Crippen MR) is 51.1 cm³/mol. The Hall–Kier alpha value is -1.09. The predicted octanol–water partition coefficient (Wildman–Crippen LogP) is 1.29. The summed E-state index contributed by atoms with van der Waals surface area (Å²) in [6.45, 7) is 7.42. The van der Waals surface area contributed by atoms with Gasteiger partial charge in [0.15, 0.2) is 0 Å². The molecular weight excluding hydrogens is 168 g/mol. The zero-order valence-electron chi connectivity index (χ0n) is 8.06. The smallest absolute Gasteiger partial charge is 0.330 e. The maximum absolute atomic E-state index is 10.8. The second kappa shape index (κ2) is 6.43. The summed E-state index contributed by atoms with van der Waals surface area (Å²) in [5, 5.41) is 9.37. The molecule has 0 aliphatic carbocycles. The molecule has 0 aromatic carbocycles. The van der Waals surface area contributed by atoms with Crippen LogP contribution in [-0.2, 0) is 9.53 Å². The van der Waals surface area contributed by atoms with E-state index in [0.717, 1.165) is 0 Å². The minimum atomic E-state index is -0.679. The highest BCUT2D eigenvalue weighted by molar-refractivity contribution is 5.81. The molecule has 3 nitrogen and oxygen atoms in total. The molecule has 0 aromatic heterocycles. The zero-order valence-corrected chi connectivity index (χ0v) is 8.06. The lowest BCUT2D eigenvalue weighted by molar-refractivity contribution is -0.137. The molecule has 0 radical (unpaired) electrons. The van der Waals surface area contributed by atoms with Gasteiger partial charge >= 0.3 is 5.97 Å². The Morgan fingerprint density at radius 2 is 2.31 bits per heavy atom. The van der Waals surface area contributed by atoms with Crippen LogP contribution in [0.3, 0.4) is 0 Å². The van der Waals surface area contributed by atoms with Gasteiger partial charge < -0.3 is 9.84 Å². The molecule has 0 aliphatic heterocycles. The summed E-state index contributed by atoms with van der Waals surface area (Å²) in [6, 6.07) is 0. The van der Waals surface area contributed by atoms with Gasteiger partial charge in [-0.25, -0.2) is 4.79 Å². The molecule has 0 aromatic rings. The van der Waals surface area contributed by atoms with E-state index in [1.165, 1.54) is 12.2 Å². The van der Waals surface area contributed by atoms with Crippen LogP contribution in [0.5, 0.6) is 0 Å². The van der Waals surface area contributed by atoms with Crippen molar-refractivity contribution >= 4 is 5.97 Å². The molecule has 74 valence electrons. The fraction of sp³-hybridized carbons (Fsp3) is 0.500. The Bertz CT molecular complexity index is 196. The summed E-state index contributed by atoms with van der Waals surface area (Å²) in [4.78, 5) is 10.8. The molecule has 1 N–H and O–H groups in total. The summed E-state index contributed by atoms with van der Waals surface area (Å²) >= 11 is 0. The Balaban J connectivity index is 3.95. The van der Waals surface area contributed by atoms with Crippen molar-refractivity contribution in [3.63, 3.8) is 0 Å². The number of carbonyl (C=O) groups excluding carboxylic acids is 1. The standard InChI is InChI=1S/C10H16O3/c1-4-8(3)9(11)6-7-10(12)13-5-2/h4,6-9,11H,1,5H2,2-3H3/b7-6+/t8-,9+/m1/s1. The van der Waals surface area contributed by atoms with Crippen LogP contribution in [0.1, 0.15) is 13.8 Å². The number of aliphatic hydroxyl groups is 1. The normalized spacial score (nSPS) is 15.3. The molecule has 0 spiro atoms. The van der Waals surface area contributed by atoms with E-state index in [1.54, 1.807) is 13.0 Å². The van der Waals surface area contributed by atoms with Crippen LogP contribution in [0.2, 0.25) is 0 Å². The molecule has 0 amide bonds. The van der Waals surface area contributed by atoms with Crippen LogP contribution in [0.15, 0.2) is 24.8 Å². The lowest BCUT2D eigenvalue weighted by Crippen LogP contribution is -2.12. The van der Waals surface area contributed by atoms with E-state index in [0.29, 0.717) is 6.61 Å². The molecule has 0 saturated carbocycles. The highest BCUT2D eigenvalue weighted by Gasteiger charge is 2.06. The van der Waals surface area contributed by atoms with Crippen LogP contribution in [-0.4, -0.2) is 23.8 Å². The molecule has 0 bridgehead atoms. The first kappa shape index (κ1) is 11.9. The van der Waals surface area contributed by atoms with Gasteiger partial charge in [0.05, 0.1) is 12.7 Å². The molecule has 0 aliphatic rings. The number of ether oxygens (including phenoxy) is 1. The van der Waals surface area contributed by atoms with Gasteiger partial charge in [-0.2, -0.15) is 0 Å². The highest BCUT2D eigenvalue weighted by atomic mass is 16.5. The summed E-state index contributed by atoms with van der Waals surface area (Å²) < 4.78 is 4.64. The monoisotopic (exact) mass is 184 g/mol. The number of aliphatic hydroxyl groups excluding tert-OH is 1. The van der Waals surface area contributed by atoms with Gasteiger partial charge in [-0.3, -0.25) is 0 Å². The molecule has 0 saturated heterocycles. The SMILES string of the molecule is C=C[C@@H](C)[C@@H](O)/C=C/C(=O)OCC. The first-order chi connectivity index (χ1) is 6.11. The van der Waals surface area contributed by atoms with Gasteiger partial charge in [0.25, 0.3) is 0 Å². The molecule has 3 heteroatoms. The number of esters is 1. The number of hydrogen-bond donors (Lipinski definition) is 1. The minimum Gasteiger partial charge on any atom is -0.463 e. The van der Waals surface area contributed by atoms with E-state index in [4.69, 9.17) is 0 Å². The van der Waals surface area contributed by atoms with Crippen molar-refractivity contribution in [2.45, 2.75) is 20.0 Å². The van der Waals surface area contributed by atoms with Crippen molar-refractivity contribution in [2.75, 3.05) is 6.61 Å². The Labute approximate surface area is 78.7 Å². The van der Waals surface area contributed by atoms with Crippen LogP contribution < -0.4 is 0 Å². The molecule has 0 heterocycles. The summed E-state index contributed by atoms with van der Waals surface area (Å²) in [5.41, 5.74) is 0. The second-order valence-corrected chi connectivity index (χ2v) is 2.70. The van der Waals surface area contributed by atoms with Crippen molar-refractivity contribution in [1.82, 2.24) is 0 Å². The molecular formula is C10H16O3. The Morgan fingerprint density at radius 3 is 2.77 bits per heavy atom. The third-order valence-corrected chi connectivity index (χ3v) is 1.63. The fourth-order valence-electron chi connectivity index (χ4n) is 0.682. The topological polar surface area (TPSA) is 46.5 Å². The second-order valence-electron chi connectivity index (χ2n) is 2.70. The number of carbonyl (C=O) groups is 1. The van der Waals surface area contributed by atoms with Crippen molar-refractivity contribution in [3.05, 3.63) is 24.8 Å². The summed E-state index contributed by atoms with van der Waals surface area (Å²) in [6.07, 6.45) is 3.58. The van der Waals surface area contributed by atoms with E-state index in [1.807, 2.05) is 6.92 Å². The average molecular weight is 184 g/mol. The number of rotatable bonds is 5. The first-order valence-electron chi connectivity index (χ1n) is 4.27. The fourth-order valence-corrected chi connectivity index (χ4v) is 0.682. The van der Waals surface area contributed by atoms with Gasteiger partial charge in [-0.05, 0) is 13.0 Å². The maximum atomic E-state index is 10.8. The molecule has 0 fully saturated rings. The Kier molecular flexibility index (Phi) is 5.89. The first-order valence-corrected chi connectivity index (χ1v) is 4.27. The van der Waals surface area contributed by atoms with Gasteiger partial charge in [0.1, 0.15) is 0 Å². The lowest BCUT2D eigenvalue weighted by atomic mass is 10.1. The van der Waals surface area contributed by atoms with Crippen molar-refractivity contribution in [3.8, 4) is 0 Å². The van der Waals surface area contributed by atoms with Crippen LogP contribution in [0.4, 0.5) is 0 Å². The van der Waals surface area contributed by atoms with Gasteiger partial charge in [-0.1, -0.05) is 13.0 Å². The zero-order chi connectivity index (χ0) is 10.3. The van der Waals surface area contributed by atoms with E-state index in [9.17, 15) is 9.90 Å². The summed E-state index contributed by atoms with van der Waals surface area (Å²) in [7, 11) is 0. The quantitative estimate of drug-likeness (QED) is 0.398. The lowest BCUT2D eigenvalue weighted by Gasteiger charge is -2.09. The molecule has 0 rings (SSSR count). The van der Waals surface area contributed by atoms with Crippen molar-refractivity contribution in [2.24, 2.45) is 5.92 Å². The van der Waals surface area contributed by atoms with Crippen LogP contribution >= 0.6 is 0 Å². The van der Waals surface area contributed by atoms with E-state index < -0.39 is 12.1 Å². The van der Waals surface area contributed by atoms with E-state index >= 15 is 0 Å². The number of hydrogen-bond acceptors (Lipinski definition) is 3. The van der Waals surface area contributed by atoms with Gasteiger partial charge in [-0.15, -0.1) is 6.58 Å². The third kappa shape index (κ3) is 5.20. The van der Waals surface area contributed by atoms with Gasteiger partial charge in [0.2, 0.25) is 0 Å². The third-order valence-electron chi connectivity index (χ3n) is 1.63.